The molecule has 1 aliphatic rings. The van der Waals surface area contributed by atoms with Gasteiger partial charge in [0.15, 0.2) is 0 Å². The number of aryl methyl sites for hydroxylation is 2. The fourth-order valence-electron chi connectivity index (χ4n) is 4.57. The SMILES string of the molecule is CCCc1cc(CCCCN2CCN(c3ccccc3OC)CC2)nn1-c1ccccc1. The molecule has 0 amide bonds. The zero-order valence-corrected chi connectivity index (χ0v) is 19.5. The van der Waals surface area contributed by atoms with Crippen LogP contribution < -0.4 is 9.64 Å². The Bertz CT molecular complexity index is 961. The van der Waals surface area contributed by atoms with Crippen LogP contribution in [0.25, 0.3) is 5.69 Å². The first-order valence-corrected chi connectivity index (χ1v) is 12.0. The van der Waals surface area contributed by atoms with E-state index in [1.807, 2.05) is 12.1 Å². The van der Waals surface area contributed by atoms with Crippen LogP contribution in [0.3, 0.4) is 0 Å². The molecule has 0 N–H and O–H groups in total. The molecule has 0 spiro atoms. The molecular weight excluding hydrogens is 396 g/mol. The number of unbranched alkanes of at least 4 members (excludes halogenated alkanes) is 1. The Labute approximate surface area is 192 Å². The van der Waals surface area contributed by atoms with Crippen LogP contribution in [0.2, 0.25) is 0 Å². The van der Waals surface area contributed by atoms with E-state index >= 15 is 0 Å². The molecule has 0 radical (unpaired) electrons. The predicted octanol–water partition coefficient (Wildman–Crippen LogP) is 4.98. The van der Waals surface area contributed by atoms with Crippen LogP contribution in [-0.2, 0) is 12.8 Å². The molecule has 32 heavy (non-hydrogen) atoms. The first-order chi connectivity index (χ1) is 15.8. The first kappa shape index (κ1) is 22.4. The third-order valence-corrected chi connectivity index (χ3v) is 6.30. The lowest BCUT2D eigenvalue weighted by molar-refractivity contribution is 0.252. The minimum absolute atomic E-state index is 0.971. The largest absolute Gasteiger partial charge is 0.495 e. The third-order valence-electron chi connectivity index (χ3n) is 6.30. The normalized spacial score (nSPS) is 14.6. The fraction of sp³-hybridized carbons (Fsp3) is 0.444. The highest BCUT2D eigenvalue weighted by Gasteiger charge is 2.19. The number of nitrogens with zero attached hydrogens (tertiary/aromatic N) is 4. The highest BCUT2D eigenvalue weighted by atomic mass is 16.5. The molecule has 1 aliphatic heterocycles. The van der Waals surface area contributed by atoms with Gasteiger partial charge in [0.25, 0.3) is 0 Å². The summed E-state index contributed by atoms with van der Waals surface area (Å²) in [6, 6.07) is 21.2. The highest BCUT2D eigenvalue weighted by molar-refractivity contribution is 5.58. The molecule has 5 heteroatoms. The second-order valence-electron chi connectivity index (χ2n) is 8.58. The second kappa shape index (κ2) is 11.2. The summed E-state index contributed by atoms with van der Waals surface area (Å²) in [5.41, 5.74) is 4.92. The van der Waals surface area contributed by atoms with Gasteiger partial charge in [-0.3, -0.25) is 4.90 Å². The molecule has 0 bridgehead atoms. The number of hydrogen-bond acceptors (Lipinski definition) is 4. The van der Waals surface area contributed by atoms with Crippen LogP contribution in [0.15, 0.2) is 60.7 Å². The van der Waals surface area contributed by atoms with E-state index in [2.05, 4.69) is 69.9 Å². The summed E-state index contributed by atoms with van der Waals surface area (Å²) in [4.78, 5) is 5.04. The van der Waals surface area contributed by atoms with Gasteiger partial charge in [-0.05, 0) is 62.6 Å². The van der Waals surface area contributed by atoms with E-state index in [4.69, 9.17) is 9.84 Å². The van der Waals surface area contributed by atoms with Crippen LogP contribution in [0.1, 0.15) is 37.6 Å². The minimum Gasteiger partial charge on any atom is -0.495 e. The number of piperazine rings is 1. The summed E-state index contributed by atoms with van der Waals surface area (Å²) in [5, 5.41) is 4.93. The van der Waals surface area contributed by atoms with Crippen molar-refractivity contribution in [3.8, 4) is 11.4 Å². The van der Waals surface area contributed by atoms with Crippen molar-refractivity contribution in [2.45, 2.75) is 39.0 Å². The maximum absolute atomic E-state index is 5.54. The summed E-state index contributed by atoms with van der Waals surface area (Å²) in [7, 11) is 1.75. The van der Waals surface area contributed by atoms with Crippen molar-refractivity contribution in [2.24, 2.45) is 0 Å². The number of methoxy groups -OCH3 is 1. The summed E-state index contributed by atoms with van der Waals surface area (Å²) in [5.74, 6) is 0.971. The van der Waals surface area contributed by atoms with Gasteiger partial charge in [0.05, 0.1) is 24.2 Å². The summed E-state index contributed by atoms with van der Waals surface area (Å²) < 4.78 is 7.67. The molecule has 2 aromatic carbocycles. The molecule has 4 rings (SSSR count). The van der Waals surface area contributed by atoms with Crippen molar-refractivity contribution < 1.29 is 4.74 Å². The van der Waals surface area contributed by atoms with Gasteiger partial charge in [0.1, 0.15) is 5.75 Å². The molecule has 0 atom stereocenters. The van der Waals surface area contributed by atoms with Crippen LogP contribution in [0.4, 0.5) is 5.69 Å². The number of ether oxygens (including phenoxy) is 1. The van der Waals surface area contributed by atoms with E-state index in [1.54, 1.807) is 7.11 Å². The number of rotatable bonds is 10. The molecule has 5 nitrogen and oxygen atoms in total. The van der Waals surface area contributed by atoms with Gasteiger partial charge < -0.3 is 9.64 Å². The maximum atomic E-state index is 5.54. The highest BCUT2D eigenvalue weighted by Crippen LogP contribution is 2.28. The van der Waals surface area contributed by atoms with Gasteiger partial charge in [0.2, 0.25) is 0 Å². The summed E-state index contributed by atoms with van der Waals surface area (Å²) in [6.07, 6.45) is 5.66. The minimum atomic E-state index is 0.971. The summed E-state index contributed by atoms with van der Waals surface area (Å²) in [6.45, 7) is 7.74. The molecule has 1 saturated heterocycles. The van der Waals surface area contributed by atoms with Crippen LogP contribution in [-0.4, -0.2) is 54.5 Å². The molecular formula is C27H36N4O. The summed E-state index contributed by atoms with van der Waals surface area (Å²) >= 11 is 0. The van der Waals surface area contributed by atoms with E-state index in [0.717, 1.165) is 56.9 Å². The Morgan fingerprint density at radius 1 is 0.875 bits per heavy atom. The monoisotopic (exact) mass is 432 g/mol. The molecule has 2 heterocycles. The number of aromatic nitrogens is 2. The van der Waals surface area contributed by atoms with E-state index in [0.29, 0.717) is 0 Å². The van der Waals surface area contributed by atoms with E-state index in [-0.39, 0.29) is 0 Å². The second-order valence-corrected chi connectivity index (χ2v) is 8.58. The Morgan fingerprint density at radius 2 is 1.62 bits per heavy atom. The standard InChI is InChI=1S/C27H36N4O/c1-3-11-25-22-23(28-31(25)24-13-5-4-6-14-24)12-9-10-17-29-18-20-30(21-19-29)26-15-7-8-16-27(26)32-2/h4-8,13-16,22H,3,9-12,17-21H2,1-2H3. The molecule has 1 aromatic heterocycles. The van der Waals surface area contributed by atoms with Gasteiger partial charge in [0, 0.05) is 31.9 Å². The average molecular weight is 433 g/mol. The Kier molecular flexibility index (Phi) is 7.83. The Hall–Kier alpha value is -2.79. The molecule has 1 fully saturated rings. The lowest BCUT2D eigenvalue weighted by atomic mass is 10.1. The van der Waals surface area contributed by atoms with Crippen LogP contribution in [0, 0.1) is 0 Å². The van der Waals surface area contributed by atoms with E-state index in [9.17, 15) is 0 Å². The van der Waals surface area contributed by atoms with Gasteiger partial charge >= 0.3 is 0 Å². The first-order valence-electron chi connectivity index (χ1n) is 12.0. The van der Waals surface area contributed by atoms with Gasteiger partial charge in [-0.2, -0.15) is 5.10 Å². The van der Waals surface area contributed by atoms with Crippen LogP contribution >= 0.6 is 0 Å². The van der Waals surface area contributed by atoms with E-state index < -0.39 is 0 Å². The molecule has 170 valence electrons. The number of para-hydroxylation sites is 3. The van der Waals surface area contributed by atoms with E-state index in [1.165, 1.54) is 36.5 Å². The molecule has 3 aromatic rings. The predicted molar refractivity (Wildman–Crippen MR) is 132 cm³/mol. The maximum Gasteiger partial charge on any atom is 0.142 e. The lowest BCUT2D eigenvalue weighted by Gasteiger charge is -2.36. The Morgan fingerprint density at radius 3 is 2.38 bits per heavy atom. The topological polar surface area (TPSA) is 33.5 Å². The van der Waals surface area contributed by atoms with Gasteiger partial charge in [-0.15, -0.1) is 0 Å². The van der Waals surface area contributed by atoms with Crippen LogP contribution in [0.5, 0.6) is 5.75 Å². The van der Waals surface area contributed by atoms with Crippen molar-refractivity contribution in [1.29, 1.82) is 0 Å². The average Bonchev–Trinajstić information content (AvgIpc) is 3.25. The zero-order valence-electron chi connectivity index (χ0n) is 19.5. The third kappa shape index (κ3) is 5.52. The molecule has 0 aliphatic carbocycles. The molecule has 0 saturated carbocycles. The fourth-order valence-corrected chi connectivity index (χ4v) is 4.57. The van der Waals surface area contributed by atoms with Gasteiger partial charge in [-0.25, -0.2) is 4.68 Å². The smallest absolute Gasteiger partial charge is 0.142 e. The van der Waals surface area contributed by atoms with Crippen molar-refractivity contribution in [2.75, 3.05) is 44.7 Å². The quantitative estimate of drug-likeness (QED) is 0.423. The van der Waals surface area contributed by atoms with Crippen molar-refractivity contribution >= 4 is 5.69 Å². The zero-order chi connectivity index (χ0) is 22.2. The number of benzene rings is 2. The van der Waals surface area contributed by atoms with Gasteiger partial charge in [-0.1, -0.05) is 43.7 Å². The Balaban J connectivity index is 1.24. The van der Waals surface area contributed by atoms with Crippen molar-refractivity contribution in [3.05, 3.63) is 72.1 Å². The number of anilines is 1. The molecule has 0 unspecified atom stereocenters. The van der Waals surface area contributed by atoms with Crippen molar-refractivity contribution in [1.82, 2.24) is 14.7 Å². The van der Waals surface area contributed by atoms with Crippen molar-refractivity contribution in [3.63, 3.8) is 0 Å². The lowest BCUT2D eigenvalue weighted by Crippen LogP contribution is -2.46. The number of hydrogen-bond donors (Lipinski definition) is 0.